The van der Waals surface area contributed by atoms with Crippen LogP contribution in [0.2, 0.25) is 0 Å². The van der Waals surface area contributed by atoms with Gasteiger partial charge < -0.3 is 5.32 Å². The highest BCUT2D eigenvalue weighted by Gasteiger charge is 2.14. The minimum Gasteiger partial charge on any atom is -0.354 e. The molecule has 0 aliphatic carbocycles. The van der Waals surface area contributed by atoms with Gasteiger partial charge in [0.05, 0.1) is 5.52 Å². The number of carbonyl (C=O) groups excluding carboxylic acids is 1. The summed E-state index contributed by atoms with van der Waals surface area (Å²) in [6.45, 7) is 0.241. The van der Waals surface area contributed by atoms with Crippen LogP contribution in [0.1, 0.15) is 5.56 Å². The normalized spacial score (nSPS) is 10.8. The third-order valence-electron chi connectivity index (χ3n) is 3.99. The summed E-state index contributed by atoms with van der Waals surface area (Å²) in [6.07, 6.45) is 2.23. The highest BCUT2D eigenvalue weighted by atomic mass is 16.2. The van der Waals surface area contributed by atoms with E-state index in [1.165, 1.54) is 22.4 Å². The number of nitrogens with one attached hydrogen (secondary N) is 1. The number of rotatable bonds is 5. The van der Waals surface area contributed by atoms with Gasteiger partial charge in [0.15, 0.2) is 5.65 Å². The highest BCUT2D eigenvalue weighted by molar-refractivity contribution is 5.78. The first-order chi connectivity index (χ1) is 12.1. The molecule has 7 nitrogen and oxygen atoms in total. The molecule has 0 atom stereocenters. The second kappa shape index (κ2) is 7.12. The topological polar surface area (TPSA) is 86.0 Å². The number of hydrogen-bond acceptors (Lipinski definition) is 4. The predicted octanol–water partition coefficient (Wildman–Crippen LogP) is 0.454. The number of hydrogen-bond donors (Lipinski definition) is 1. The van der Waals surface area contributed by atoms with E-state index in [0.29, 0.717) is 24.1 Å². The number of pyridine rings is 1. The molecule has 0 saturated heterocycles. The number of carbonyl (C=O) groups is 1. The van der Waals surface area contributed by atoms with E-state index in [1.807, 2.05) is 30.3 Å². The van der Waals surface area contributed by atoms with Crippen molar-refractivity contribution in [1.29, 1.82) is 0 Å². The molecule has 3 aromatic rings. The first-order valence-electron chi connectivity index (χ1n) is 7.93. The minimum absolute atomic E-state index is 0.216. The Hall–Kier alpha value is -3.22. The van der Waals surface area contributed by atoms with Crippen molar-refractivity contribution in [3.8, 4) is 0 Å². The quantitative estimate of drug-likeness (QED) is 0.685. The molecule has 1 aromatic carbocycles. The van der Waals surface area contributed by atoms with Gasteiger partial charge >= 0.3 is 11.1 Å². The van der Waals surface area contributed by atoms with Gasteiger partial charge in [-0.05, 0) is 24.1 Å². The highest BCUT2D eigenvalue weighted by Crippen LogP contribution is 2.05. The van der Waals surface area contributed by atoms with Gasteiger partial charge in [-0.15, -0.1) is 0 Å². The average Bonchev–Trinajstić information content (AvgIpc) is 2.64. The molecule has 0 fully saturated rings. The maximum absolute atomic E-state index is 12.3. The number of aryl methyl sites for hydroxylation is 1. The zero-order valence-electron chi connectivity index (χ0n) is 13.8. The van der Waals surface area contributed by atoms with Gasteiger partial charge in [-0.1, -0.05) is 30.3 Å². The number of amides is 1. The van der Waals surface area contributed by atoms with Gasteiger partial charge in [0.1, 0.15) is 6.54 Å². The molecule has 2 aromatic heterocycles. The Kier molecular flexibility index (Phi) is 4.74. The molecule has 0 spiro atoms. The van der Waals surface area contributed by atoms with Crippen molar-refractivity contribution in [2.24, 2.45) is 7.05 Å². The fourth-order valence-corrected chi connectivity index (χ4v) is 2.67. The predicted molar refractivity (Wildman–Crippen MR) is 94.4 cm³/mol. The molecule has 0 aliphatic heterocycles. The van der Waals surface area contributed by atoms with Crippen molar-refractivity contribution in [2.45, 2.75) is 13.0 Å². The molecule has 1 N–H and O–H groups in total. The zero-order valence-corrected chi connectivity index (χ0v) is 13.8. The minimum atomic E-state index is -0.735. The lowest BCUT2D eigenvalue weighted by Crippen LogP contribution is -2.43. The Labute approximate surface area is 143 Å². The van der Waals surface area contributed by atoms with Crippen molar-refractivity contribution < 1.29 is 4.79 Å². The second-order valence-corrected chi connectivity index (χ2v) is 5.69. The van der Waals surface area contributed by atoms with Crippen molar-refractivity contribution in [3.05, 3.63) is 74.9 Å². The molecule has 7 heteroatoms. The van der Waals surface area contributed by atoms with Gasteiger partial charge in [0.2, 0.25) is 5.91 Å². The third-order valence-corrected chi connectivity index (χ3v) is 3.99. The lowest BCUT2D eigenvalue weighted by molar-refractivity contribution is -0.121. The summed E-state index contributed by atoms with van der Waals surface area (Å²) in [5.74, 6) is -0.323. The standard InChI is InChI=1S/C18H18N4O3/c1-21-16-14(8-5-10-20-16)22(18(25)17(21)24)12-15(23)19-11-9-13-6-3-2-4-7-13/h2-8,10H,9,11-12H2,1H3,(H,19,23). The molecule has 128 valence electrons. The van der Waals surface area contributed by atoms with Crippen molar-refractivity contribution >= 4 is 17.1 Å². The van der Waals surface area contributed by atoms with Crippen LogP contribution in [0.5, 0.6) is 0 Å². The molecule has 1 amide bonds. The van der Waals surface area contributed by atoms with Crippen LogP contribution in [0, 0.1) is 0 Å². The summed E-state index contributed by atoms with van der Waals surface area (Å²) in [6, 6.07) is 13.1. The lowest BCUT2D eigenvalue weighted by Gasteiger charge is -2.11. The lowest BCUT2D eigenvalue weighted by atomic mass is 10.1. The van der Waals surface area contributed by atoms with Gasteiger partial charge in [-0.25, -0.2) is 4.98 Å². The Morgan fingerprint density at radius 3 is 2.60 bits per heavy atom. The van der Waals surface area contributed by atoms with Crippen molar-refractivity contribution in [2.75, 3.05) is 6.54 Å². The Morgan fingerprint density at radius 2 is 1.84 bits per heavy atom. The molecule has 0 bridgehead atoms. The van der Waals surface area contributed by atoms with E-state index >= 15 is 0 Å². The van der Waals surface area contributed by atoms with Gasteiger partial charge in [-0.2, -0.15) is 0 Å². The largest absolute Gasteiger partial charge is 0.354 e. The van der Waals surface area contributed by atoms with Crippen LogP contribution in [0.3, 0.4) is 0 Å². The van der Waals surface area contributed by atoms with E-state index in [1.54, 1.807) is 12.1 Å². The van der Waals surface area contributed by atoms with Gasteiger partial charge in [-0.3, -0.25) is 23.5 Å². The van der Waals surface area contributed by atoms with Crippen LogP contribution in [0.15, 0.2) is 58.3 Å². The van der Waals surface area contributed by atoms with Crippen LogP contribution < -0.4 is 16.4 Å². The molecule has 0 radical (unpaired) electrons. The Balaban J connectivity index is 1.77. The van der Waals surface area contributed by atoms with E-state index in [9.17, 15) is 14.4 Å². The Bertz CT molecular complexity index is 1020. The number of nitrogens with zero attached hydrogens (tertiary/aromatic N) is 3. The summed E-state index contributed by atoms with van der Waals surface area (Å²) in [7, 11) is 1.49. The molecule has 0 aliphatic rings. The average molecular weight is 338 g/mol. The maximum atomic E-state index is 12.3. The van der Waals surface area contributed by atoms with Crippen LogP contribution >= 0.6 is 0 Å². The molecule has 2 heterocycles. The SMILES string of the molecule is Cn1c(=O)c(=O)n(CC(=O)NCCc2ccccc2)c2cccnc21. The molecule has 3 rings (SSSR count). The number of aromatic nitrogens is 3. The molecule has 0 saturated carbocycles. The Morgan fingerprint density at radius 1 is 1.08 bits per heavy atom. The van der Waals surface area contributed by atoms with Crippen molar-refractivity contribution in [1.82, 2.24) is 19.4 Å². The molecular weight excluding hydrogens is 320 g/mol. The van der Waals surface area contributed by atoms with E-state index < -0.39 is 11.1 Å². The van der Waals surface area contributed by atoms with E-state index in [4.69, 9.17) is 0 Å². The fourth-order valence-electron chi connectivity index (χ4n) is 2.67. The van der Waals surface area contributed by atoms with Crippen molar-refractivity contribution in [3.63, 3.8) is 0 Å². The van der Waals surface area contributed by atoms with E-state index in [0.717, 1.165) is 5.56 Å². The zero-order chi connectivity index (χ0) is 17.8. The monoisotopic (exact) mass is 338 g/mol. The number of benzene rings is 1. The molecule has 0 unspecified atom stereocenters. The van der Waals surface area contributed by atoms with Crippen LogP contribution in [-0.4, -0.2) is 26.6 Å². The first kappa shape index (κ1) is 16.6. The van der Waals surface area contributed by atoms with E-state index in [-0.39, 0.29) is 12.5 Å². The number of fused-ring (bicyclic) bond motifs is 1. The summed E-state index contributed by atoms with van der Waals surface area (Å²) < 4.78 is 2.37. The van der Waals surface area contributed by atoms with Crippen LogP contribution in [-0.2, 0) is 24.8 Å². The van der Waals surface area contributed by atoms with Gasteiger partial charge in [0.25, 0.3) is 0 Å². The maximum Gasteiger partial charge on any atom is 0.317 e. The third kappa shape index (κ3) is 3.50. The summed E-state index contributed by atoms with van der Waals surface area (Å²) in [4.78, 5) is 40.6. The van der Waals surface area contributed by atoms with Crippen LogP contribution in [0.4, 0.5) is 0 Å². The molecular formula is C18H18N4O3. The second-order valence-electron chi connectivity index (χ2n) is 5.69. The smallest absolute Gasteiger partial charge is 0.317 e. The van der Waals surface area contributed by atoms with E-state index in [2.05, 4.69) is 10.3 Å². The van der Waals surface area contributed by atoms with Crippen LogP contribution in [0.25, 0.3) is 11.2 Å². The molecule has 25 heavy (non-hydrogen) atoms. The first-order valence-corrected chi connectivity index (χ1v) is 7.93. The summed E-state index contributed by atoms with van der Waals surface area (Å²) >= 11 is 0. The summed E-state index contributed by atoms with van der Waals surface area (Å²) in [5, 5.41) is 2.78. The fraction of sp³-hybridized carbons (Fsp3) is 0.222. The summed E-state index contributed by atoms with van der Waals surface area (Å²) in [5.41, 5.74) is 0.490. The van der Waals surface area contributed by atoms with Gasteiger partial charge in [0, 0.05) is 19.8 Å².